The maximum absolute atomic E-state index is 12.1. The number of nitrogen functional groups attached to an aromatic ring is 1. The first kappa shape index (κ1) is 13.3. The second-order valence-electron chi connectivity index (χ2n) is 4.54. The Bertz CT molecular complexity index is 473. The molecule has 8 nitrogen and oxygen atoms in total. The number of nitrogens with two attached hydrogens (primary N) is 1. The number of ether oxygens (including phenoxy) is 1. The summed E-state index contributed by atoms with van der Waals surface area (Å²) >= 11 is 0. The van der Waals surface area contributed by atoms with Gasteiger partial charge in [-0.3, -0.25) is 9.59 Å². The zero-order chi connectivity index (χ0) is 13.8. The highest BCUT2D eigenvalue weighted by Crippen LogP contribution is 2.18. The van der Waals surface area contributed by atoms with Crippen LogP contribution in [0, 0.1) is 5.92 Å². The lowest BCUT2D eigenvalue weighted by molar-refractivity contribution is -0.149. The maximum atomic E-state index is 12.1. The molecule has 2 heterocycles. The van der Waals surface area contributed by atoms with Crippen LogP contribution in [-0.2, 0) is 20.9 Å². The molecule has 1 aliphatic rings. The average Bonchev–Trinajstić information content (AvgIpc) is 2.83. The number of amides is 1. The molecule has 1 fully saturated rings. The van der Waals surface area contributed by atoms with E-state index in [0.29, 0.717) is 13.1 Å². The standard InChI is InChI=1S/C11H17N5O3/c1-19-11(18)8-3-2-4-15(5-8)10(17)7-16-6-9(12)13-14-16/h6,8H,2-5,7,12H2,1H3. The zero-order valence-corrected chi connectivity index (χ0v) is 10.8. The highest BCUT2D eigenvalue weighted by Gasteiger charge is 2.29. The van der Waals surface area contributed by atoms with Crippen molar-refractivity contribution in [2.24, 2.45) is 5.92 Å². The Kier molecular flexibility index (Phi) is 3.98. The summed E-state index contributed by atoms with van der Waals surface area (Å²) in [5.41, 5.74) is 5.43. The number of hydrogen-bond acceptors (Lipinski definition) is 6. The molecular formula is C11H17N5O3. The van der Waals surface area contributed by atoms with Crippen molar-refractivity contribution >= 4 is 17.7 Å². The van der Waals surface area contributed by atoms with Gasteiger partial charge in [-0.2, -0.15) is 0 Å². The molecule has 1 atom stereocenters. The van der Waals surface area contributed by atoms with Gasteiger partial charge in [-0.15, -0.1) is 5.10 Å². The summed E-state index contributed by atoms with van der Waals surface area (Å²) in [6.45, 7) is 1.13. The van der Waals surface area contributed by atoms with Gasteiger partial charge in [0.15, 0.2) is 5.82 Å². The van der Waals surface area contributed by atoms with Crippen LogP contribution in [0.15, 0.2) is 6.20 Å². The highest BCUT2D eigenvalue weighted by molar-refractivity contribution is 5.78. The van der Waals surface area contributed by atoms with Gasteiger partial charge in [0.1, 0.15) is 6.54 Å². The highest BCUT2D eigenvalue weighted by atomic mass is 16.5. The largest absolute Gasteiger partial charge is 0.469 e. The third-order valence-corrected chi connectivity index (χ3v) is 3.16. The monoisotopic (exact) mass is 267 g/mol. The van der Waals surface area contributed by atoms with E-state index >= 15 is 0 Å². The molecule has 1 aliphatic heterocycles. The number of piperidine rings is 1. The molecule has 1 saturated heterocycles. The van der Waals surface area contributed by atoms with Crippen LogP contribution in [0.25, 0.3) is 0 Å². The van der Waals surface area contributed by atoms with E-state index < -0.39 is 0 Å². The normalized spacial score (nSPS) is 19.2. The average molecular weight is 267 g/mol. The van der Waals surface area contributed by atoms with E-state index in [1.165, 1.54) is 18.0 Å². The zero-order valence-electron chi connectivity index (χ0n) is 10.8. The second-order valence-corrected chi connectivity index (χ2v) is 4.54. The van der Waals surface area contributed by atoms with Gasteiger partial charge in [0.05, 0.1) is 19.2 Å². The van der Waals surface area contributed by atoms with Crippen molar-refractivity contribution in [2.45, 2.75) is 19.4 Å². The summed E-state index contributed by atoms with van der Waals surface area (Å²) in [5.74, 6) is -0.316. The van der Waals surface area contributed by atoms with E-state index in [1.807, 2.05) is 0 Å². The smallest absolute Gasteiger partial charge is 0.310 e. The summed E-state index contributed by atoms with van der Waals surface area (Å²) in [7, 11) is 1.36. The van der Waals surface area contributed by atoms with E-state index in [9.17, 15) is 9.59 Å². The Morgan fingerprint density at radius 3 is 3.00 bits per heavy atom. The van der Waals surface area contributed by atoms with Crippen LogP contribution in [0.5, 0.6) is 0 Å². The molecule has 1 aromatic heterocycles. The van der Waals surface area contributed by atoms with Gasteiger partial charge in [-0.25, -0.2) is 4.68 Å². The molecule has 0 radical (unpaired) electrons. The van der Waals surface area contributed by atoms with E-state index in [-0.39, 0.29) is 30.2 Å². The number of hydrogen-bond donors (Lipinski definition) is 1. The van der Waals surface area contributed by atoms with Crippen molar-refractivity contribution < 1.29 is 14.3 Å². The number of rotatable bonds is 3. The van der Waals surface area contributed by atoms with Gasteiger partial charge in [-0.05, 0) is 12.8 Å². The molecule has 1 aromatic rings. The fraction of sp³-hybridized carbons (Fsp3) is 0.636. The quantitative estimate of drug-likeness (QED) is 0.724. The lowest BCUT2D eigenvalue weighted by atomic mass is 9.98. The number of aromatic nitrogens is 3. The van der Waals surface area contributed by atoms with Crippen LogP contribution >= 0.6 is 0 Å². The molecule has 2 rings (SSSR count). The molecule has 0 saturated carbocycles. The summed E-state index contributed by atoms with van der Waals surface area (Å²) in [5, 5.41) is 7.34. The minimum atomic E-state index is -0.262. The molecule has 2 N–H and O–H groups in total. The molecule has 0 bridgehead atoms. The minimum Gasteiger partial charge on any atom is -0.469 e. The van der Waals surface area contributed by atoms with Gasteiger partial charge in [0, 0.05) is 13.1 Å². The molecule has 1 amide bonds. The van der Waals surface area contributed by atoms with Crippen LogP contribution in [0.2, 0.25) is 0 Å². The van der Waals surface area contributed by atoms with Gasteiger partial charge in [-0.1, -0.05) is 5.21 Å². The fourth-order valence-electron chi connectivity index (χ4n) is 2.19. The molecule has 0 aromatic carbocycles. The SMILES string of the molecule is COC(=O)C1CCCN(C(=O)Cn2cc(N)nn2)C1. The number of carbonyl (C=O) groups is 2. The second kappa shape index (κ2) is 5.68. The van der Waals surface area contributed by atoms with E-state index in [1.54, 1.807) is 4.90 Å². The third kappa shape index (κ3) is 3.21. The number of likely N-dealkylation sites (tertiary alicyclic amines) is 1. The maximum Gasteiger partial charge on any atom is 0.310 e. The molecular weight excluding hydrogens is 250 g/mol. The third-order valence-electron chi connectivity index (χ3n) is 3.16. The Morgan fingerprint density at radius 1 is 1.58 bits per heavy atom. The van der Waals surface area contributed by atoms with Crippen molar-refractivity contribution in [3.63, 3.8) is 0 Å². The minimum absolute atomic E-state index is 0.0814. The van der Waals surface area contributed by atoms with Gasteiger partial charge in [0.25, 0.3) is 0 Å². The summed E-state index contributed by atoms with van der Waals surface area (Å²) in [4.78, 5) is 25.2. The van der Waals surface area contributed by atoms with Crippen LogP contribution in [0.3, 0.4) is 0 Å². The van der Waals surface area contributed by atoms with Crippen molar-refractivity contribution in [1.29, 1.82) is 0 Å². The Labute approximate surface area is 110 Å². The molecule has 0 spiro atoms. The van der Waals surface area contributed by atoms with Crippen molar-refractivity contribution in [2.75, 3.05) is 25.9 Å². The first-order valence-corrected chi connectivity index (χ1v) is 6.11. The van der Waals surface area contributed by atoms with Gasteiger partial charge in [0.2, 0.25) is 5.91 Å². The van der Waals surface area contributed by atoms with Crippen LogP contribution in [0.4, 0.5) is 5.82 Å². The topological polar surface area (TPSA) is 103 Å². The Balaban J connectivity index is 1.93. The van der Waals surface area contributed by atoms with Gasteiger partial charge >= 0.3 is 5.97 Å². The molecule has 8 heteroatoms. The molecule has 1 unspecified atom stereocenters. The van der Waals surface area contributed by atoms with Crippen LogP contribution in [0.1, 0.15) is 12.8 Å². The fourth-order valence-corrected chi connectivity index (χ4v) is 2.19. The van der Waals surface area contributed by atoms with Crippen molar-refractivity contribution in [1.82, 2.24) is 19.9 Å². The summed E-state index contributed by atoms with van der Waals surface area (Å²) in [6.07, 6.45) is 3.05. The predicted octanol–water partition coefficient (Wildman–Crippen LogP) is -0.728. The first-order valence-electron chi connectivity index (χ1n) is 6.11. The molecule has 104 valence electrons. The molecule has 0 aliphatic carbocycles. The number of anilines is 1. The Morgan fingerprint density at radius 2 is 2.37 bits per heavy atom. The van der Waals surface area contributed by atoms with Crippen LogP contribution in [-0.4, -0.2) is 52.0 Å². The molecule has 19 heavy (non-hydrogen) atoms. The van der Waals surface area contributed by atoms with Crippen LogP contribution < -0.4 is 5.73 Å². The number of carbonyl (C=O) groups excluding carboxylic acids is 2. The Hall–Kier alpha value is -2.12. The van der Waals surface area contributed by atoms with Gasteiger partial charge < -0.3 is 15.4 Å². The first-order chi connectivity index (χ1) is 9.10. The van der Waals surface area contributed by atoms with E-state index in [2.05, 4.69) is 10.3 Å². The van der Waals surface area contributed by atoms with Crippen molar-refractivity contribution in [3.05, 3.63) is 6.20 Å². The van der Waals surface area contributed by atoms with Crippen molar-refractivity contribution in [3.8, 4) is 0 Å². The number of esters is 1. The lowest BCUT2D eigenvalue weighted by Crippen LogP contribution is -2.44. The van der Waals surface area contributed by atoms with E-state index in [0.717, 1.165) is 12.8 Å². The van der Waals surface area contributed by atoms with E-state index in [4.69, 9.17) is 10.5 Å². The number of nitrogens with zero attached hydrogens (tertiary/aromatic N) is 4. The number of methoxy groups -OCH3 is 1. The summed E-state index contributed by atoms with van der Waals surface area (Å²) in [6, 6.07) is 0. The summed E-state index contributed by atoms with van der Waals surface area (Å²) < 4.78 is 6.11. The lowest BCUT2D eigenvalue weighted by Gasteiger charge is -2.31. The predicted molar refractivity (Wildman–Crippen MR) is 65.8 cm³/mol.